The van der Waals surface area contributed by atoms with Crippen LogP contribution in [-0.2, 0) is 7.05 Å². The van der Waals surface area contributed by atoms with Crippen LogP contribution in [0.25, 0.3) is 10.8 Å². The van der Waals surface area contributed by atoms with Crippen molar-refractivity contribution in [1.29, 1.82) is 0 Å². The number of nitro groups is 1. The highest BCUT2D eigenvalue weighted by Crippen LogP contribution is 2.31. The number of anilines is 1. The molecule has 4 rings (SSSR count). The highest BCUT2D eigenvalue weighted by Gasteiger charge is 2.31. The van der Waals surface area contributed by atoms with Crippen LogP contribution in [0.5, 0.6) is 0 Å². The van der Waals surface area contributed by atoms with Crippen LogP contribution in [-0.4, -0.2) is 51.7 Å². The van der Waals surface area contributed by atoms with E-state index in [1.54, 1.807) is 18.7 Å². The van der Waals surface area contributed by atoms with Gasteiger partial charge >= 0.3 is 5.69 Å². The summed E-state index contributed by atoms with van der Waals surface area (Å²) < 4.78 is 1.55. The Balaban J connectivity index is 1.55. The number of fused-ring (bicyclic) bond motifs is 1. The summed E-state index contributed by atoms with van der Waals surface area (Å²) in [6.45, 7) is 3.70. The van der Waals surface area contributed by atoms with E-state index < -0.39 is 0 Å². The molecule has 0 saturated carbocycles. The van der Waals surface area contributed by atoms with E-state index in [1.165, 1.54) is 0 Å². The molecule has 2 aromatic carbocycles. The van der Waals surface area contributed by atoms with Gasteiger partial charge in [0.05, 0.1) is 4.92 Å². The number of hydrogen-bond donors (Lipinski definition) is 0. The van der Waals surface area contributed by atoms with Gasteiger partial charge in [-0.05, 0) is 23.8 Å². The molecule has 0 bridgehead atoms. The Bertz CT molecular complexity index is 1060. The Labute approximate surface area is 162 Å². The molecule has 1 fully saturated rings. The lowest BCUT2D eigenvalue weighted by Gasteiger charge is -2.35. The third-order valence-corrected chi connectivity index (χ3v) is 5.23. The van der Waals surface area contributed by atoms with Crippen LogP contribution in [0.1, 0.15) is 16.1 Å². The van der Waals surface area contributed by atoms with Gasteiger partial charge in [-0.1, -0.05) is 36.4 Å². The first-order chi connectivity index (χ1) is 13.5. The number of hydrogen-bond acceptors (Lipinski definition) is 5. The van der Waals surface area contributed by atoms with Crippen LogP contribution in [0.3, 0.4) is 0 Å². The van der Waals surface area contributed by atoms with Crippen molar-refractivity contribution in [3.63, 3.8) is 0 Å². The Morgan fingerprint density at radius 3 is 2.46 bits per heavy atom. The van der Waals surface area contributed by atoms with Crippen molar-refractivity contribution in [3.8, 4) is 0 Å². The number of carbonyl (C=O) groups excluding carboxylic acids is 1. The number of amides is 1. The predicted molar refractivity (Wildman–Crippen MR) is 107 cm³/mol. The van der Waals surface area contributed by atoms with Crippen LogP contribution in [0, 0.1) is 17.0 Å². The van der Waals surface area contributed by atoms with Gasteiger partial charge in [0.15, 0.2) is 0 Å². The quantitative estimate of drug-likeness (QED) is 0.516. The first-order valence-electron chi connectivity index (χ1n) is 9.17. The highest BCUT2D eigenvalue weighted by molar-refractivity contribution is 6.07. The maximum Gasteiger partial charge on any atom is 0.333 e. The molecule has 3 aromatic rings. The van der Waals surface area contributed by atoms with Gasteiger partial charge < -0.3 is 9.80 Å². The molecule has 0 aliphatic carbocycles. The van der Waals surface area contributed by atoms with Crippen LogP contribution in [0.15, 0.2) is 42.5 Å². The Hall–Kier alpha value is -3.42. The van der Waals surface area contributed by atoms with Gasteiger partial charge in [0.2, 0.25) is 5.82 Å². The van der Waals surface area contributed by atoms with E-state index in [0.29, 0.717) is 43.3 Å². The molecule has 1 aliphatic heterocycles. The van der Waals surface area contributed by atoms with Gasteiger partial charge in [0.1, 0.15) is 5.69 Å². The maximum absolute atomic E-state index is 13.1. The van der Waals surface area contributed by atoms with E-state index in [9.17, 15) is 14.9 Å². The fourth-order valence-electron chi connectivity index (χ4n) is 3.91. The topological polar surface area (TPSA) is 84.5 Å². The fourth-order valence-corrected chi connectivity index (χ4v) is 3.91. The normalized spacial score (nSPS) is 14.5. The number of nitrogens with zero attached hydrogens (tertiary/aromatic N) is 5. The third-order valence-electron chi connectivity index (χ3n) is 5.23. The summed E-state index contributed by atoms with van der Waals surface area (Å²) in [5, 5.41) is 17.6. The number of aryl methyl sites for hydroxylation is 2. The average Bonchev–Trinajstić information content (AvgIpc) is 3.01. The molecule has 0 unspecified atom stereocenters. The van der Waals surface area contributed by atoms with Crippen molar-refractivity contribution in [2.75, 3.05) is 31.1 Å². The summed E-state index contributed by atoms with van der Waals surface area (Å²) in [6, 6.07) is 13.6. The lowest BCUT2D eigenvalue weighted by Crippen LogP contribution is -2.49. The molecule has 28 heavy (non-hydrogen) atoms. The van der Waals surface area contributed by atoms with E-state index in [2.05, 4.69) is 5.10 Å². The van der Waals surface area contributed by atoms with Crippen molar-refractivity contribution in [2.24, 2.45) is 7.05 Å². The molecule has 144 valence electrons. The molecule has 1 amide bonds. The van der Waals surface area contributed by atoms with Crippen molar-refractivity contribution < 1.29 is 9.72 Å². The Kier molecular flexibility index (Phi) is 4.46. The molecule has 8 heteroatoms. The second kappa shape index (κ2) is 6.95. The first kappa shape index (κ1) is 18.0. The van der Waals surface area contributed by atoms with E-state index >= 15 is 0 Å². The van der Waals surface area contributed by atoms with Gasteiger partial charge in [-0.2, -0.15) is 5.10 Å². The molecule has 1 aliphatic rings. The van der Waals surface area contributed by atoms with Crippen LogP contribution >= 0.6 is 0 Å². The van der Waals surface area contributed by atoms with Gasteiger partial charge in [-0.15, -0.1) is 0 Å². The van der Waals surface area contributed by atoms with Crippen molar-refractivity contribution in [1.82, 2.24) is 14.7 Å². The Morgan fingerprint density at radius 2 is 1.75 bits per heavy atom. The third kappa shape index (κ3) is 2.96. The largest absolute Gasteiger partial charge is 0.348 e. The minimum Gasteiger partial charge on any atom is -0.348 e. The van der Waals surface area contributed by atoms with E-state index in [4.69, 9.17) is 0 Å². The predicted octanol–water partition coefficient (Wildman–Crippen LogP) is 2.75. The van der Waals surface area contributed by atoms with Crippen LogP contribution in [0.2, 0.25) is 0 Å². The molecular formula is C20H21N5O3. The van der Waals surface area contributed by atoms with E-state index in [0.717, 1.165) is 10.8 Å². The summed E-state index contributed by atoms with van der Waals surface area (Å²) in [5.74, 6) is 0.492. The van der Waals surface area contributed by atoms with Gasteiger partial charge in [0.25, 0.3) is 5.91 Å². The second-order valence-electron chi connectivity index (χ2n) is 6.94. The van der Waals surface area contributed by atoms with Gasteiger partial charge in [0, 0.05) is 38.8 Å². The van der Waals surface area contributed by atoms with Crippen LogP contribution in [0.4, 0.5) is 11.5 Å². The molecule has 0 N–H and O–H groups in total. The molecule has 0 atom stereocenters. The highest BCUT2D eigenvalue weighted by atomic mass is 16.6. The molecule has 8 nitrogen and oxygen atoms in total. The zero-order valence-electron chi connectivity index (χ0n) is 15.8. The summed E-state index contributed by atoms with van der Waals surface area (Å²) in [7, 11) is 1.71. The summed E-state index contributed by atoms with van der Waals surface area (Å²) in [5.41, 5.74) is 1.13. The monoisotopic (exact) mass is 379 g/mol. The summed E-state index contributed by atoms with van der Waals surface area (Å²) >= 11 is 0. The zero-order valence-corrected chi connectivity index (χ0v) is 15.8. The molecular weight excluding hydrogens is 358 g/mol. The zero-order chi connectivity index (χ0) is 19.8. The summed E-state index contributed by atoms with van der Waals surface area (Å²) in [6.07, 6.45) is 0. The lowest BCUT2D eigenvalue weighted by atomic mass is 10.0. The van der Waals surface area contributed by atoms with Gasteiger partial charge in [-0.3, -0.25) is 14.9 Å². The Morgan fingerprint density at radius 1 is 1.07 bits per heavy atom. The second-order valence-corrected chi connectivity index (χ2v) is 6.94. The number of benzene rings is 2. The maximum atomic E-state index is 13.1. The summed E-state index contributed by atoms with van der Waals surface area (Å²) in [4.78, 5) is 27.9. The molecule has 0 spiro atoms. The minimum absolute atomic E-state index is 0.00728. The number of carbonyl (C=O) groups is 1. The fraction of sp³-hybridized carbons (Fsp3) is 0.300. The van der Waals surface area contributed by atoms with Crippen molar-refractivity contribution in [3.05, 3.63) is 63.8 Å². The van der Waals surface area contributed by atoms with Gasteiger partial charge in [-0.25, -0.2) is 4.68 Å². The SMILES string of the molecule is Cc1nn(C)c(N2CCN(C(=O)c3cccc4ccccc34)CC2)c1[N+](=O)[O-]. The van der Waals surface area contributed by atoms with Crippen molar-refractivity contribution in [2.45, 2.75) is 6.92 Å². The number of aromatic nitrogens is 2. The minimum atomic E-state index is -0.384. The smallest absolute Gasteiger partial charge is 0.333 e. The van der Waals surface area contributed by atoms with E-state index in [1.807, 2.05) is 52.3 Å². The lowest BCUT2D eigenvalue weighted by molar-refractivity contribution is -0.384. The number of piperazine rings is 1. The van der Waals surface area contributed by atoms with E-state index in [-0.39, 0.29) is 16.5 Å². The molecule has 1 aromatic heterocycles. The average molecular weight is 379 g/mol. The van der Waals surface area contributed by atoms with Crippen molar-refractivity contribution >= 4 is 28.2 Å². The van der Waals surface area contributed by atoms with Crippen LogP contribution < -0.4 is 4.90 Å². The standard InChI is InChI=1S/C20H21N5O3/c1-14-18(25(27)28)19(22(2)21-14)23-10-12-24(13-11-23)20(26)17-9-5-7-15-6-3-4-8-16(15)17/h3-9H,10-13H2,1-2H3. The molecule has 0 radical (unpaired) electrons. The molecule has 2 heterocycles. The molecule has 1 saturated heterocycles. The number of rotatable bonds is 3. The first-order valence-corrected chi connectivity index (χ1v) is 9.17.